The van der Waals surface area contributed by atoms with Crippen molar-refractivity contribution < 1.29 is 4.79 Å². The quantitative estimate of drug-likeness (QED) is 0.765. The van der Waals surface area contributed by atoms with Crippen LogP contribution >= 0.6 is 11.3 Å². The summed E-state index contributed by atoms with van der Waals surface area (Å²) >= 11 is 1.28. The zero-order valence-electron chi connectivity index (χ0n) is 14.5. The van der Waals surface area contributed by atoms with Crippen LogP contribution in [0.15, 0.2) is 29.1 Å². The lowest BCUT2D eigenvalue weighted by atomic mass is 10.1. The van der Waals surface area contributed by atoms with E-state index >= 15 is 0 Å². The van der Waals surface area contributed by atoms with Gasteiger partial charge in [-0.2, -0.15) is 0 Å². The first-order chi connectivity index (χ1) is 11.5. The lowest BCUT2D eigenvalue weighted by Gasteiger charge is -2.19. The maximum absolute atomic E-state index is 11.9. The highest BCUT2D eigenvalue weighted by Crippen LogP contribution is 2.26. The monoisotopic (exact) mass is 347 g/mol. The van der Waals surface area contributed by atoms with E-state index in [-0.39, 0.29) is 10.8 Å². The number of nitrogens with zero attached hydrogens (tertiary/aromatic N) is 1. The minimum Gasteiger partial charge on any atom is -0.326 e. The molecule has 0 aliphatic rings. The van der Waals surface area contributed by atoms with E-state index in [4.69, 9.17) is 0 Å². The van der Waals surface area contributed by atoms with Crippen LogP contribution in [0.2, 0.25) is 0 Å². The number of aromatic amines is 1. The van der Waals surface area contributed by atoms with Gasteiger partial charge < -0.3 is 10.3 Å². The Bertz CT molecular complexity index is 719. The Balaban J connectivity index is 2.21. The van der Waals surface area contributed by atoms with E-state index in [0.29, 0.717) is 0 Å². The van der Waals surface area contributed by atoms with Crippen LogP contribution in [0.1, 0.15) is 38.5 Å². The maximum atomic E-state index is 11.9. The molecule has 24 heavy (non-hydrogen) atoms. The summed E-state index contributed by atoms with van der Waals surface area (Å²) in [7, 11) is 0. The summed E-state index contributed by atoms with van der Waals surface area (Å²) in [6.07, 6.45) is 2.32. The minimum atomic E-state index is -0.0955. The molecule has 0 fully saturated rings. The topological polar surface area (TPSA) is 65.2 Å². The molecule has 0 saturated carbocycles. The van der Waals surface area contributed by atoms with Crippen LogP contribution in [-0.4, -0.2) is 28.9 Å². The first-order valence-corrected chi connectivity index (χ1v) is 9.17. The second-order valence-corrected chi connectivity index (χ2v) is 6.86. The van der Waals surface area contributed by atoms with Crippen molar-refractivity contribution >= 4 is 22.9 Å². The number of thiazole rings is 1. The van der Waals surface area contributed by atoms with Crippen LogP contribution in [0.3, 0.4) is 0 Å². The average molecular weight is 347 g/mol. The number of carbonyl (C=O) groups is 1. The van der Waals surface area contributed by atoms with Crippen molar-refractivity contribution in [2.24, 2.45) is 0 Å². The molecule has 0 spiro atoms. The van der Waals surface area contributed by atoms with Gasteiger partial charge in [0.2, 0.25) is 5.91 Å². The number of aromatic nitrogens is 1. The fourth-order valence-corrected chi connectivity index (χ4v) is 3.46. The number of benzene rings is 1. The lowest BCUT2D eigenvalue weighted by molar-refractivity contribution is -0.114. The lowest BCUT2D eigenvalue weighted by Crippen LogP contribution is -2.23. The average Bonchev–Trinajstić information content (AvgIpc) is 2.92. The van der Waals surface area contributed by atoms with Gasteiger partial charge in [0.1, 0.15) is 0 Å². The third-order valence-electron chi connectivity index (χ3n) is 3.86. The van der Waals surface area contributed by atoms with Gasteiger partial charge in [-0.3, -0.25) is 14.5 Å². The number of unbranched alkanes of at least 4 members (excludes halogenated alkanes) is 1. The maximum Gasteiger partial charge on any atom is 0.305 e. The van der Waals surface area contributed by atoms with Gasteiger partial charge in [-0.05, 0) is 37.2 Å². The van der Waals surface area contributed by atoms with Gasteiger partial charge in [-0.15, -0.1) is 0 Å². The van der Waals surface area contributed by atoms with Crippen molar-refractivity contribution in [2.45, 2.75) is 40.2 Å². The summed E-state index contributed by atoms with van der Waals surface area (Å²) in [5, 5.41) is 2.75. The van der Waals surface area contributed by atoms with Crippen molar-refractivity contribution in [3.63, 3.8) is 0 Å². The molecule has 0 atom stereocenters. The second-order valence-electron chi connectivity index (χ2n) is 5.79. The van der Waals surface area contributed by atoms with Gasteiger partial charge >= 0.3 is 4.87 Å². The van der Waals surface area contributed by atoms with Gasteiger partial charge in [0, 0.05) is 24.0 Å². The van der Waals surface area contributed by atoms with E-state index in [1.807, 2.05) is 24.3 Å². The third kappa shape index (κ3) is 5.04. The molecule has 2 rings (SSSR count). The van der Waals surface area contributed by atoms with E-state index < -0.39 is 0 Å². The first-order valence-electron chi connectivity index (χ1n) is 8.35. The molecule has 2 N–H and O–H groups in total. The summed E-state index contributed by atoms with van der Waals surface area (Å²) in [6, 6.07) is 7.56. The van der Waals surface area contributed by atoms with Crippen LogP contribution in [0.4, 0.5) is 5.69 Å². The SMILES string of the molecule is CCCCN(CC)Cc1sc(=O)[nH]c1-c1ccc(NC(C)=O)cc1. The Labute approximate surface area is 146 Å². The highest BCUT2D eigenvalue weighted by molar-refractivity contribution is 7.09. The summed E-state index contributed by atoms with van der Waals surface area (Å²) in [6.45, 7) is 8.60. The van der Waals surface area contributed by atoms with Crippen molar-refractivity contribution in [3.05, 3.63) is 38.8 Å². The number of hydrogen-bond acceptors (Lipinski definition) is 4. The third-order valence-corrected chi connectivity index (χ3v) is 4.73. The van der Waals surface area contributed by atoms with Gasteiger partial charge in [-0.25, -0.2) is 0 Å². The number of rotatable bonds is 8. The molecule has 1 amide bonds. The van der Waals surface area contributed by atoms with Crippen LogP contribution < -0.4 is 10.2 Å². The number of anilines is 1. The molecule has 1 heterocycles. The second kappa shape index (κ2) is 8.80. The van der Waals surface area contributed by atoms with E-state index in [0.717, 1.165) is 54.3 Å². The Kier molecular flexibility index (Phi) is 6.75. The van der Waals surface area contributed by atoms with Crippen LogP contribution in [-0.2, 0) is 11.3 Å². The Morgan fingerprint density at radius 1 is 1.25 bits per heavy atom. The Hall–Kier alpha value is -1.92. The Morgan fingerprint density at radius 2 is 1.96 bits per heavy atom. The standard InChI is InChI=1S/C18H25N3O2S/c1-4-6-11-21(5-2)12-16-17(20-18(23)24-16)14-7-9-15(10-8-14)19-13(3)22/h7-10H,4-6,11-12H2,1-3H3,(H,19,22)(H,20,23). The molecule has 0 unspecified atom stereocenters. The smallest absolute Gasteiger partial charge is 0.305 e. The molecule has 2 aromatic rings. The zero-order valence-corrected chi connectivity index (χ0v) is 15.3. The molecule has 130 valence electrons. The predicted molar refractivity (Wildman–Crippen MR) is 101 cm³/mol. The molecule has 0 aliphatic carbocycles. The van der Waals surface area contributed by atoms with Gasteiger partial charge in [0.25, 0.3) is 0 Å². The van der Waals surface area contributed by atoms with Crippen molar-refractivity contribution in [2.75, 3.05) is 18.4 Å². The van der Waals surface area contributed by atoms with Crippen molar-refractivity contribution in [1.29, 1.82) is 0 Å². The molecule has 5 nitrogen and oxygen atoms in total. The molecule has 0 saturated heterocycles. The summed E-state index contributed by atoms with van der Waals surface area (Å²) in [5.74, 6) is -0.0955. The zero-order chi connectivity index (χ0) is 17.5. The molecule has 0 aliphatic heterocycles. The highest BCUT2D eigenvalue weighted by atomic mass is 32.1. The molecule has 1 aromatic heterocycles. The molecule has 0 bridgehead atoms. The van der Waals surface area contributed by atoms with Gasteiger partial charge in [-0.1, -0.05) is 43.7 Å². The van der Waals surface area contributed by atoms with E-state index in [1.54, 1.807) is 0 Å². The molecular formula is C18H25N3O2S. The van der Waals surface area contributed by atoms with E-state index in [1.165, 1.54) is 18.3 Å². The number of H-pyrrole nitrogens is 1. The number of amides is 1. The normalized spacial score (nSPS) is 11.0. The van der Waals surface area contributed by atoms with Gasteiger partial charge in [0.15, 0.2) is 0 Å². The van der Waals surface area contributed by atoms with Crippen LogP contribution in [0, 0.1) is 0 Å². The number of carbonyl (C=O) groups excluding carboxylic acids is 1. The molecular weight excluding hydrogens is 322 g/mol. The number of nitrogens with one attached hydrogen (secondary N) is 2. The van der Waals surface area contributed by atoms with Crippen molar-refractivity contribution in [1.82, 2.24) is 9.88 Å². The first kappa shape index (κ1) is 18.4. The number of hydrogen-bond donors (Lipinski definition) is 2. The molecule has 1 aromatic carbocycles. The fourth-order valence-electron chi connectivity index (χ4n) is 2.56. The summed E-state index contributed by atoms with van der Waals surface area (Å²) < 4.78 is 0. The van der Waals surface area contributed by atoms with Gasteiger partial charge in [0.05, 0.1) is 5.69 Å². The van der Waals surface area contributed by atoms with Crippen LogP contribution in [0.25, 0.3) is 11.3 Å². The Morgan fingerprint density at radius 3 is 2.54 bits per heavy atom. The largest absolute Gasteiger partial charge is 0.326 e. The minimum absolute atomic E-state index is 0.0301. The predicted octanol–water partition coefficient (Wildman–Crippen LogP) is 3.68. The molecule has 0 radical (unpaired) electrons. The fraction of sp³-hybridized carbons (Fsp3) is 0.444. The highest BCUT2D eigenvalue weighted by Gasteiger charge is 2.13. The summed E-state index contributed by atoms with van der Waals surface area (Å²) in [4.78, 5) is 29.3. The van der Waals surface area contributed by atoms with E-state index in [2.05, 4.69) is 29.0 Å². The molecule has 6 heteroatoms. The van der Waals surface area contributed by atoms with E-state index in [9.17, 15) is 9.59 Å². The summed E-state index contributed by atoms with van der Waals surface area (Å²) in [5.41, 5.74) is 2.60. The van der Waals surface area contributed by atoms with Crippen molar-refractivity contribution in [3.8, 4) is 11.3 Å². The van der Waals surface area contributed by atoms with Crippen LogP contribution in [0.5, 0.6) is 0 Å².